The number of nitrogens with one attached hydrogen (secondary N) is 1. The van der Waals surface area contributed by atoms with Gasteiger partial charge in [-0.15, -0.1) is 0 Å². The number of benzene rings is 1. The summed E-state index contributed by atoms with van der Waals surface area (Å²) in [6.45, 7) is 0.513. The second-order valence-corrected chi connectivity index (χ2v) is 4.62. The summed E-state index contributed by atoms with van der Waals surface area (Å²) in [4.78, 5) is 14.8. The lowest BCUT2D eigenvalue weighted by Gasteiger charge is -2.29. The highest BCUT2D eigenvalue weighted by Gasteiger charge is 2.58. The Bertz CT molecular complexity index is 703. The first kappa shape index (κ1) is 14.9. The molecule has 8 heteroatoms. The smallest absolute Gasteiger partial charge is 0.422 e. The Kier molecular flexibility index (Phi) is 3.40. The summed E-state index contributed by atoms with van der Waals surface area (Å²) in [6.07, 6.45) is -3.78. The molecule has 0 saturated carbocycles. The molecule has 0 fully saturated rings. The summed E-state index contributed by atoms with van der Waals surface area (Å²) in [7, 11) is 0. The number of carboxylic acids is 1. The predicted molar refractivity (Wildman–Crippen MR) is 69.1 cm³/mol. The zero-order valence-corrected chi connectivity index (χ0v) is 10.8. The van der Waals surface area contributed by atoms with Gasteiger partial charge in [0, 0.05) is 11.6 Å². The van der Waals surface area contributed by atoms with Crippen LogP contribution in [0.5, 0.6) is 5.75 Å². The Morgan fingerprint density at radius 3 is 2.52 bits per heavy atom. The number of carboxylic acid groups (broad SMARTS) is 1. The fourth-order valence-corrected chi connectivity index (χ4v) is 1.74. The number of aromatic nitrogens is 1. The first-order valence-corrected chi connectivity index (χ1v) is 5.81. The fraction of sp³-hybridized carbons (Fsp3) is 0.231. The van der Waals surface area contributed by atoms with Crippen LogP contribution in [0.4, 0.5) is 19.0 Å². The number of aromatic hydroxyl groups is 1. The molecule has 0 spiro atoms. The van der Waals surface area contributed by atoms with Gasteiger partial charge in [0.1, 0.15) is 11.6 Å². The van der Waals surface area contributed by atoms with Gasteiger partial charge in [-0.25, -0.2) is 9.78 Å². The Morgan fingerprint density at radius 2 is 1.95 bits per heavy atom. The molecule has 0 aliphatic heterocycles. The summed E-state index contributed by atoms with van der Waals surface area (Å²) < 4.78 is 39.0. The van der Waals surface area contributed by atoms with Gasteiger partial charge in [-0.3, -0.25) is 0 Å². The van der Waals surface area contributed by atoms with Gasteiger partial charge in [0.25, 0.3) is 0 Å². The van der Waals surface area contributed by atoms with E-state index in [9.17, 15) is 23.1 Å². The van der Waals surface area contributed by atoms with Crippen molar-refractivity contribution >= 4 is 22.6 Å². The molecule has 5 nitrogen and oxygen atoms in total. The van der Waals surface area contributed by atoms with Gasteiger partial charge in [-0.1, -0.05) is 6.07 Å². The van der Waals surface area contributed by atoms with Crippen molar-refractivity contribution in [2.24, 2.45) is 0 Å². The Hall–Kier alpha value is -2.51. The minimum absolute atomic E-state index is 0.164. The molecule has 0 amide bonds. The van der Waals surface area contributed by atoms with Gasteiger partial charge >= 0.3 is 12.1 Å². The van der Waals surface area contributed by atoms with E-state index >= 15 is 0 Å². The Morgan fingerprint density at radius 1 is 1.29 bits per heavy atom. The van der Waals surface area contributed by atoms with E-state index in [0.29, 0.717) is 12.3 Å². The third-order valence-corrected chi connectivity index (χ3v) is 3.11. The number of hydrogen-bond acceptors (Lipinski definition) is 4. The van der Waals surface area contributed by atoms with E-state index in [0.717, 1.165) is 0 Å². The monoisotopic (exact) mass is 300 g/mol. The number of aliphatic carboxylic acids is 1. The minimum Gasteiger partial charge on any atom is -0.508 e. The number of nitrogens with zero attached hydrogens (tertiary/aromatic N) is 1. The Balaban J connectivity index is 2.57. The molecule has 1 aromatic carbocycles. The lowest BCUT2D eigenvalue weighted by atomic mass is 10.0. The number of fused-ring (bicyclic) bond motifs is 1. The molecular formula is C13H11F3N2O3. The molecule has 3 N–H and O–H groups in total. The minimum atomic E-state index is -5.03. The van der Waals surface area contributed by atoms with Crippen molar-refractivity contribution in [2.45, 2.75) is 18.6 Å². The van der Waals surface area contributed by atoms with Gasteiger partial charge in [-0.2, -0.15) is 13.2 Å². The van der Waals surface area contributed by atoms with Crippen LogP contribution >= 0.6 is 0 Å². The van der Waals surface area contributed by atoms with Crippen molar-refractivity contribution in [3.05, 3.63) is 30.5 Å². The highest BCUT2D eigenvalue weighted by Crippen LogP contribution is 2.35. The van der Waals surface area contributed by atoms with Crippen molar-refractivity contribution in [3.63, 3.8) is 0 Å². The molecule has 1 aromatic heterocycles. The van der Waals surface area contributed by atoms with Crippen LogP contribution in [0.25, 0.3) is 10.8 Å². The third kappa shape index (κ3) is 2.56. The van der Waals surface area contributed by atoms with Crippen molar-refractivity contribution in [2.75, 3.05) is 5.32 Å². The van der Waals surface area contributed by atoms with E-state index in [-0.39, 0.29) is 17.0 Å². The topological polar surface area (TPSA) is 82.5 Å². The predicted octanol–water partition coefficient (Wildman–Crippen LogP) is 2.76. The number of phenolic OH excluding ortho intramolecular Hbond substituents is 1. The molecule has 0 radical (unpaired) electrons. The van der Waals surface area contributed by atoms with Crippen LogP contribution < -0.4 is 5.32 Å². The normalized spacial score (nSPS) is 14.7. The van der Waals surface area contributed by atoms with Crippen LogP contribution in [-0.4, -0.2) is 32.9 Å². The number of alkyl halides is 3. The zero-order chi connectivity index (χ0) is 15.8. The van der Waals surface area contributed by atoms with E-state index in [1.54, 1.807) is 0 Å². The van der Waals surface area contributed by atoms with Crippen LogP contribution in [0.15, 0.2) is 30.5 Å². The Labute approximate surface area is 117 Å². The molecule has 2 rings (SSSR count). The number of phenols is 1. The van der Waals surface area contributed by atoms with Gasteiger partial charge in [0.15, 0.2) is 0 Å². The number of pyridine rings is 1. The molecule has 0 saturated heterocycles. The molecule has 21 heavy (non-hydrogen) atoms. The van der Waals surface area contributed by atoms with Gasteiger partial charge in [-0.05, 0) is 30.5 Å². The molecule has 0 bridgehead atoms. The standard InChI is InChI=1S/C13H11F3N2O3/c1-12(11(20)21,13(14,15)16)18-10-9-6-8(19)3-2-7(9)4-5-17-10/h2-6,19H,1H3,(H,17,18)(H,20,21). The molecule has 112 valence electrons. The number of halogens is 3. The maximum atomic E-state index is 13.0. The first-order valence-electron chi connectivity index (χ1n) is 5.81. The van der Waals surface area contributed by atoms with Gasteiger partial charge in [0.2, 0.25) is 5.54 Å². The SMILES string of the molecule is CC(Nc1nccc2ccc(O)cc12)(C(=O)O)C(F)(F)F. The molecule has 2 aromatic rings. The number of hydrogen-bond donors (Lipinski definition) is 3. The summed E-state index contributed by atoms with van der Waals surface area (Å²) in [5.74, 6) is -2.51. The fourth-order valence-electron chi connectivity index (χ4n) is 1.74. The van der Waals surface area contributed by atoms with E-state index in [1.165, 1.54) is 30.5 Å². The van der Waals surface area contributed by atoms with Crippen LogP contribution in [-0.2, 0) is 4.79 Å². The van der Waals surface area contributed by atoms with Crippen LogP contribution in [0, 0.1) is 0 Å². The van der Waals surface area contributed by atoms with E-state index in [1.807, 2.05) is 5.32 Å². The zero-order valence-electron chi connectivity index (χ0n) is 10.8. The van der Waals surface area contributed by atoms with Gasteiger partial charge in [0.05, 0.1) is 0 Å². The lowest BCUT2D eigenvalue weighted by molar-refractivity contribution is -0.192. The van der Waals surface area contributed by atoms with Crippen molar-refractivity contribution in [1.82, 2.24) is 4.98 Å². The maximum Gasteiger partial charge on any atom is 0.422 e. The summed E-state index contributed by atoms with van der Waals surface area (Å²) >= 11 is 0. The average molecular weight is 300 g/mol. The molecule has 0 aliphatic carbocycles. The summed E-state index contributed by atoms with van der Waals surface area (Å²) in [5.41, 5.74) is -3.19. The second-order valence-electron chi connectivity index (χ2n) is 4.62. The maximum absolute atomic E-state index is 13.0. The van der Waals surface area contributed by atoms with Crippen molar-refractivity contribution < 1.29 is 28.2 Å². The number of carbonyl (C=O) groups is 1. The van der Waals surface area contributed by atoms with E-state index in [4.69, 9.17) is 5.11 Å². The highest BCUT2D eigenvalue weighted by molar-refractivity contribution is 5.95. The second kappa shape index (κ2) is 4.80. The third-order valence-electron chi connectivity index (χ3n) is 3.11. The molecule has 0 aliphatic rings. The highest BCUT2D eigenvalue weighted by atomic mass is 19.4. The summed E-state index contributed by atoms with van der Waals surface area (Å²) in [5, 5.41) is 20.9. The van der Waals surface area contributed by atoms with Crippen molar-refractivity contribution in [1.29, 1.82) is 0 Å². The molecule has 1 heterocycles. The largest absolute Gasteiger partial charge is 0.508 e. The van der Waals surface area contributed by atoms with E-state index < -0.39 is 17.7 Å². The van der Waals surface area contributed by atoms with Crippen molar-refractivity contribution in [3.8, 4) is 5.75 Å². The molecule has 1 atom stereocenters. The first-order chi connectivity index (χ1) is 9.65. The summed E-state index contributed by atoms with van der Waals surface area (Å²) in [6, 6.07) is 5.60. The van der Waals surface area contributed by atoms with Gasteiger partial charge < -0.3 is 15.5 Å². The quantitative estimate of drug-likeness (QED) is 0.812. The molecular weight excluding hydrogens is 289 g/mol. The molecule has 1 unspecified atom stereocenters. The van der Waals surface area contributed by atoms with E-state index in [2.05, 4.69) is 4.98 Å². The number of anilines is 1. The lowest BCUT2D eigenvalue weighted by Crippen LogP contribution is -2.55. The van der Waals surface area contributed by atoms with Crippen LogP contribution in [0.2, 0.25) is 0 Å². The van der Waals surface area contributed by atoms with Crippen LogP contribution in [0.3, 0.4) is 0 Å². The van der Waals surface area contributed by atoms with Crippen LogP contribution in [0.1, 0.15) is 6.92 Å². The number of rotatable bonds is 3. The average Bonchev–Trinajstić information content (AvgIpc) is 2.37.